The lowest BCUT2D eigenvalue weighted by molar-refractivity contribution is 0.164. The lowest BCUT2D eigenvalue weighted by Gasteiger charge is -2.08. The SMILES string of the molecule is COCCCCCOP(=O)(O)OC. The molecule has 5 nitrogen and oxygen atoms in total. The van der Waals surface area contributed by atoms with Crippen LogP contribution in [0.25, 0.3) is 0 Å². The lowest BCUT2D eigenvalue weighted by atomic mass is 10.2. The summed E-state index contributed by atoms with van der Waals surface area (Å²) in [5.41, 5.74) is 0. The minimum atomic E-state index is -3.76. The van der Waals surface area contributed by atoms with Gasteiger partial charge >= 0.3 is 7.82 Å². The predicted octanol–water partition coefficient (Wildman–Crippen LogP) is 1.57. The molecule has 0 heterocycles. The molecule has 0 aromatic rings. The van der Waals surface area contributed by atoms with Crippen LogP contribution in [0.15, 0.2) is 0 Å². The van der Waals surface area contributed by atoms with Gasteiger partial charge in [0.25, 0.3) is 0 Å². The summed E-state index contributed by atoms with van der Waals surface area (Å²) in [6.45, 7) is 0.951. The first-order chi connectivity index (χ1) is 6.12. The van der Waals surface area contributed by atoms with Crippen molar-refractivity contribution >= 4 is 7.82 Å². The van der Waals surface area contributed by atoms with Crippen LogP contribution < -0.4 is 0 Å². The quantitative estimate of drug-likeness (QED) is 0.488. The van der Waals surface area contributed by atoms with E-state index in [1.54, 1.807) is 7.11 Å². The Hall–Kier alpha value is 0.0700. The highest BCUT2D eigenvalue weighted by Gasteiger charge is 2.16. The number of hydrogen-bond donors (Lipinski definition) is 1. The van der Waals surface area contributed by atoms with Crippen LogP contribution in [0.1, 0.15) is 19.3 Å². The van der Waals surface area contributed by atoms with Crippen molar-refractivity contribution in [1.29, 1.82) is 0 Å². The molecule has 80 valence electrons. The van der Waals surface area contributed by atoms with E-state index in [0.29, 0.717) is 6.61 Å². The third kappa shape index (κ3) is 8.40. The third-order valence-electron chi connectivity index (χ3n) is 1.48. The average Bonchev–Trinajstić information content (AvgIpc) is 2.11. The number of methoxy groups -OCH3 is 1. The van der Waals surface area contributed by atoms with Crippen molar-refractivity contribution in [3.8, 4) is 0 Å². The van der Waals surface area contributed by atoms with Crippen LogP contribution in [0, 0.1) is 0 Å². The summed E-state index contributed by atoms with van der Waals surface area (Å²) >= 11 is 0. The molecular weight excluding hydrogens is 195 g/mol. The smallest absolute Gasteiger partial charge is 0.385 e. The Balaban J connectivity index is 3.21. The van der Waals surface area contributed by atoms with E-state index < -0.39 is 7.82 Å². The monoisotopic (exact) mass is 212 g/mol. The van der Waals surface area contributed by atoms with Crippen molar-refractivity contribution in [3.05, 3.63) is 0 Å². The molecule has 0 radical (unpaired) electrons. The topological polar surface area (TPSA) is 65.0 Å². The molecule has 0 aliphatic rings. The van der Waals surface area contributed by atoms with Crippen molar-refractivity contribution in [3.63, 3.8) is 0 Å². The number of rotatable bonds is 8. The Morgan fingerprint density at radius 2 is 1.77 bits per heavy atom. The molecule has 0 aliphatic heterocycles. The minimum Gasteiger partial charge on any atom is -0.385 e. The largest absolute Gasteiger partial charge is 0.471 e. The van der Waals surface area contributed by atoms with Gasteiger partial charge in [-0.3, -0.25) is 9.05 Å². The number of unbranched alkanes of at least 4 members (excludes halogenated alkanes) is 2. The first kappa shape index (κ1) is 13.1. The zero-order valence-corrected chi connectivity index (χ0v) is 8.96. The van der Waals surface area contributed by atoms with Crippen molar-refractivity contribution < 1.29 is 23.2 Å². The molecule has 0 rings (SSSR count). The molecular formula is C7H17O5P. The van der Waals surface area contributed by atoms with Crippen molar-refractivity contribution in [2.24, 2.45) is 0 Å². The van der Waals surface area contributed by atoms with Crippen LogP contribution in [-0.2, 0) is 18.3 Å². The lowest BCUT2D eigenvalue weighted by Crippen LogP contribution is -1.96. The van der Waals surface area contributed by atoms with Crippen LogP contribution >= 0.6 is 7.82 Å². The summed E-state index contributed by atoms with van der Waals surface area (Å²) in [4.78, 5) is 8.81. The van der Waals surface area contributed by atoms with Crippen molar-refractivity contribution in [1.82, 2.24) is 0 Å². The normalized spacial score (nSPS) is 15.6. The van der Waals surface area contributed by atoms with Gasteiger partial charge in [-0.15, -0.1) is 0 Å². The number of phosphoric acid groups is 1. The first-order valence-corrected chi connectivity index (χ1v) is 5.64. The van der Waals surface area contributed by atoms with Crippen LogP contribution in [-0.4, -0.2) is 32.3 Å². The van der Waals surface area contributed by atoms with Crippen molar-refractivity contribution in [2.75, 3.05) is 27.4 Å². The Bertz CT molecular complexity index is 161. The summed E-state index contributed by atoms with van der Waals surface area (Å²) in [7, 11) is -0.974. The molecule has 6 heteroatoms. The van der Waals surface area contributed by atoms with E-state index in [9.17, 15) is 4.57 Å². The number of hydrogen-bond acceptors (Lipinski definition) is 4. The molecule has 1 N–H and O–H groups in total. The van der Waals surface area contributed by atoms with E-state index in [4.69, 9.17) is 9.63 Å². The molecule has 0 aliphatic carbocycles. The summed E-state index contributed by atoms with van der Waals surface area (Å²) in [5, 5.41) is 0. The van der Waals surface area contributed by atoms with Crippen LogP contribution in [0.3, 0.4) is 0 Å². The maximum atomic E-state index is 10.8. The second kappa shape index (κ2) is 7.47. The van der Waals surface area contributed by atoms with Crippen LogP contribution in [0.2, 0.25) is 0 Å². The average molecular weight is 212 g/mol. The van der Waals surface area contributed by atoms with E-state index in [1.807, 2.05) is 0 Å². The van der Waals surface area contributed by atoms with Gasteiger partial charge in [0.1, 0.15) is 0 Å². The van der Waals surface area contributed by atoms with E-state index in [2.05, 4.69) is 9.05 Å². The fraction of sp³-hybridized carbons (Fsp3) is 1.00. The second-order valence-electron chi connectivity index (χ2n) is 2.54. The standard InChI is InChI=1S/C7H17O5P/c1-10-6-4-3-5-7-12-13(8,9)11-2/h3-7H2,1-2H3,(H,8,9). The molecule has 0 saturated carbocycles. The molecule has 0 spiro atoms. The third-order valence-corrected chi connectivity index (χ3v) is 2.45. The summed E-state index contributed by atoms with van der Waals surface area (Å²) < 4.78 is 24.4. The maximum Gasteiger partial charge on any atom is 0.471 e. The molecule has 0 saturated heterocycles. The van der Waals surface area contributed by atoms with Gasteiger partial charge in [0.2, 0.25) is 0 Å². The van der Waals surface area contributed by atoms with Gasteiger partial charge in [0.05, 0.1) is 6.61 Å². The van der Waals surface area contributed by atoms with E-state index in [-0.39, 0.29) is 6.61 Å². The maximum absolute atomic E-state index is 10.8. The molecule has 0 fully saturated rings. The highest BCUT2D eigenvalue weighted by atomic mass is 31.2. The molecule has 0 bridgehead atoms. The Kier molecular flexibility index (Phi) is 7.51. The van der Waals surface area contributed by atoms with E-state index >= 15 is 0 Å². The zero-order chi connectivity index (χ0) is 10.2. The molecule has 0 aromatic carbocycles. The summed E-state index contributed by atoms with van der Waals surface area (Å²) in [6.07, 6.45) is 2.58. The minimum absolute atomic E-state index is 0.241. The second-order valence-corrected chi connectivity index (χ2v) is 4.10. The fourth-order valence-electron chi connectivity index (χ4n) is 0.758. The molecule has 1 atom stereocenters. The van der Waals surface area contributed by atoms with Crippen LogP contribution in [0.4, 0.5) is 0 Å². The van der Waals surface area contributed by atoms with Gasteiger partial charge in [-0.05, 0) is 19.3 Å². The predicted molar refractivity (Wildman–Crippen MR) is 48.5 cm³/mol. The summed E-state index contributed by atoms with van der Waals surface area (Å²) in [5.74, 6) is 0. The molecule has 13 heavy (non-hydrogen) atoms. The Morgan fingerprint density at radius 3 is 2.31 bits per heavy atom. The highest BCUT2D eigenvalue weighted by Crippen LogP contribution is 2.41. The number of phosphoric ester groups is 1. The van der Waals surface area contributed by atoms with Gasteiger partial charge < -0.3 is 9.63 Å². The van der Waals surface area contributed by atoms with Crippen molar-refractivity contribution in [2.45, 2.75) is 19.3 Å². The van der Waals surface area contributed by atoms with Gasteiger partial charge in [0, 0.05) is 20.8 Å². The van der Waals surface area contributed by atoms with Gasteiger partial charge in [-0.1, -0.05) is 0 Å². The summed E-state index contributed by atoms with van der Waals surface area (Å²) in [6, 6.07) is 0. The van der Waals surface area contributed by atoms with Gasteiger partial charge in [-0.25, -0.2) is 4.57 Å². The molecule has 1 unspecified atom stereocenters. The Morgan fingerprint density at radius 1 is 1.15 bits per heavy atom. The van der Waals surface area contributed by atoms with E-state index in [1.165, 1.54) is 0 Å². The van der Waals surface area contributed by atoms with Crippen LogP contribution in [0.5, 0.6) is 0 Å². The van der Waals surface area contributed by atoms with Gasteiger partial charge in [0.15, 0.2) is 0 Å². The Labute approximate surface area is 78.6 Å². The number of ether oxygens (including phenoxy) is 1. The highest BCUT2D eigenvalue weighted by molar-refractivity contribution is 7.47. The zero-order valence-electron chi connectivity index (χ0n) is 8.06. The first-order valence-electron chi connectivity index (χ1n) is 4.14. The van der Waals surface area contributed by atoms with E-state index in [0.717, 1.165) is 26.4 Å². The fourth-order valence-corrected chi connectivity index (χ4v) is 1.22. The van der Waals surface area contributed by atoms with Gasteiger partial charge in [-0.2, -0.15) is 0 Å². The molecule has 0 aromatic heterocycles. The molecule has 0 amide bonds.